The number of fused-ring (bicyclic) bond motifs is 2. The molecule has 3 aliphatic rings. The molecule has 0 aromatic heterocycles. The topological polar surface area (TPSA) is 96.4 Å². The molecular weight excluding hydrogens is 552 g/mol. The summed E-state index contributed by atoms with van der Waals surface area (Å²) in [7, 11) is 0. The summed E-state index contributed by atoms with van der Waals surface area (Å²) in [5, 5.41) is 11.8. The van der Waals surface area contributed by atoms with Crippen LogP contribution < -0.4 is 4.90 Å². The van der Waals surface area contributed by atoms with Gasteiger partial charge in [-0.25, -0.2) is 0 Å². The lowest BCUT2D eigenvalue weighted by Gasteiger charge is -2.37. The van der Waals surface area contributed by atoms with Gasteiger partial charge in [-0.15, -0.1) is 13.2 Å². The number of halogens is 1. The molecule has 200 valence electrons. The normalized spacial score (nSPS) is 29.4. The van der Waals surface area contributed by atoms with Crippen LogP contribution in [0.3, 0.4) is 0 Å². The Hall–Kier alpha value is -3.01. The highest BCUT2D eigenvalue weighted by Crippen LogP contribution is 2.60. The Morgan fingerprint density at radius 1 is 1.21 bits per heavy atom. The van der Waals surface area contributed by atoms with Crippen LogP contribution in [0.4, 0.5) is 5.69 Å². The van der Waals surface area contributed by atoms with Crippen molar-refractivity contribution in [2.24, 2.45) is 11.8 Å². The summed E-state index contributed by atoms with van der Waals surface area (Å²) in [6.07, 6.45) is 3.56. The molecule has 2 bridgehead atoms. The molecule has 2 amide bonds. The minimum absolute atomic E-state index is 0.0493. The first-order valence-corrected chi connectivity index (χ1v) is 13.7. The van der Waals surface area contributed by atoms with Crippen LogP contribution in [-0.4, -0.2) is 76.7 Å². The van der Waals surface area contributed by atoms with Gasteiger partial charge >= 0.3 is 5.97 Å². The van der Waals surface area contributed by atoms with Crippen molar-refractivity contribution in [3.63, 3.8) is 0 Å². The molecule has 0 saturated carbocycles. The average Bonchev–Trinajstić information content (AvgIpc) is 3.50. The second-order valence-electron chi connectivity index (χ2n) is 9.93. The Labute approximate surface area is 230 Å². The number of aliphatic hydroxyl groups excluding tert-OH is 1. The summed E-state index contributed by atoms with van der Waals surface area (Å²) in [5.41, 5.74) is -0.561. The number of ether oxygens (including phenoxy) is 2. The van der Waals surface area contributed by atoms with Gasteiger partial charge in [0.25, 0.3) is 5.91 Å². The highest BCUT2D eigenvalue weighted by Gasteiger charge is 2.77. The standard InChI is InChI=1S/C29H31BrN2O6/c1-3-5-15-37-28(36)22-23-26(34)32(13-14-33)25(29(23)17-21(30)24(22)38-29)27(35)31(12-4-2)20-11-10-18-8-6-7-9-19(18)16-20/h3-4,6-11,16,21-25,33H,1-2,5,12-15,17H2/t21?,22-,23+,24-,25?,29?/m1/s1. The van der Waals surface area contributed by atoms with Crippen molar-refractivity contribution < 1.29 is 29.0 Å². The molecule has 3 heterocycles. The summed E-state index contributed by atoms with van der Waals surface area (Å²) in [5.74, 6) is -2.96. The van der Waals surface area contributed by atoms with Gasteiger partial charge in [0.05, 0.1) is 31.2 Å². The minimum Gasteiger partial charge on any atom is -0.465 e. The molecule has 0 aliphatic carbocycles. The first kappa shape index (κ1) is 26.6. The molecule has 3 fully saturated rings. The highest BCUT2D eigenvalue weighted by molar-refractivity contribution is 9.09. The first-order valence-electron chi connectivity index (χ1n) is 12.8. The van der Waals surface area contributed by atoms with E-state index in [-0.39, 0.29) is 42.9 Å². The number of carbonyl (C=O) groups excluding carboxylic acids is 3. The Kier molecular flexibility index (Phi) is 7.44. The number of anilines is 1. The average molecular weight is 583 g/mol. The van der Waals surface area contributed by atoms with Gasteiger partial charge in [-0.05, 0) is 35.7 Å². The van der Waals surface area contributed by atoms with E-state index in [1.54, 1.807) is 17.1 Å². The van der Waals surface area contributed by atoms with Crippen molar-refractivity contribution in [3.8, 4) is 0 Å². The summed E-state index contributed by atoms with van der Waals surface area (Å²) < 4.78 is 11.9. The quantitative estimate of drug-likeness (QED) is 0.200. The molecule has 8 nitrogen and oxygen atoms in total. The van der Waals surface area contributed by atoms with E-state index in [1.165, 1.54) is 4.90 Å². The van der Waals surface area contributed by atoms with Crippen molar-refractivity contribution in [2.75, 3.05) is 31.2 Å². The van der Waals surface area contributed by atoms with Crippen LogP contribution in [0.2, 0.25) is 0 Å². The first-order chi connectivity index (χ1) is 18.4. The van der Waals surface area contributed by atoms with E-state index in [2.05, 4.69) is 29.1 Å². The van der Waals surface area contributed by atoms with Crippen LogP contribution in [0.1, 0.15) is 12.8 Å². The third-order valence-corrected chi connectivity index (χ3v) is 8.67. The van der Waals surface area contributed by atoms with E-state index in [4.69, 9.17) is 9.47 Å². The number of hydrogen-bond acceptors (Lipinski definition) is 6. The Morgan fingerprint density at radius 2 is 1.97 bits per heavy atom. The van der Waals surface area contributed by atoms with Crippen LogP contribution >= 0.6 is 15.9 Å². The summed E-state index contributed by atoms with van der Waals surface area (Å²) >= 11 is 3.64. The molecule has 3 unspecified atom stereocenters. The van der Waals surface area contributed by atoms with Gasteiger partial charge in [0, 0.05) is 23.6 Å². The molecule has 38 heavy (non-hydrogen) atoms. The van der Waals surface area contributed by atoms with Gasteiger partial charge in [-0.3, -0.25) is 14.4 Å². The summed E-state index contributed by atoms with van der Waals surface area (Å²) in [6, 6.07) is 12.6. The van der Waals surface area contributed by atoms with Crippen LogP contribution in [0.25, 0.3) is 10.8 Å². The summed E-state index contributed by atoms with van der Waals surface area (Å²) in [6.45, 7) is 7.48. The smallest absolute Gasteiger partial charge is 0.312 e. The minimum atomic E-state index is -1.22. The zero-order valence-corrected chi connectivity index (χ0v) is 22.6. The fourth-order valence-corrected chi connectivity index (χ4v) is 7.25. The predicted octanol–water partition coefficient (Wildman–Crippen LogP) is 3.22. The molecule has 5 rings (SSSR count). The molecule has 3 saturated heterocycles. The molecule has 1 spiro atoms. The van der Waals surface area contributed by atoms with Gasteiger partial charge in [0.1, 0.15) is 11.6 Å². The van der Waals surface area contributed by atoms with E-state index in [9.17, 15) is 19.5 Å². The lowest BCUT2D eigenvalue weighted by Crippen LogP contribution is -2.57. The van der Waals surface area contributed by atoms with Crippen LogP contribution in [0, 0.1) is 11.8 Å². The number of benzene rings is 2. The molecule has 2 aromatic rings. The van der Waals surface area contributed by atoms with Gasteiger partial charge < -0.3 is 24.4 Å². The number of hydrogen-bond donors (Lipinski definition) is 1. The van der Waals surface area contributed by atoms with Crippen LogP contribution in [-0.2, 0) is 23.9 Å². The number of aliphatic hydroxyl groups is 1. The summed E-state index contributed by atoms with van der Waals surface area (Å²) in [4.78, 5) is 44.1. The van der Waals surface area contributed by atoms with E-state index >= 15 is 0 Å². The number of nitrogens with zero attached hydrogens (tertiary/aromatic N) is 2. The monoisotopic (exact) mass is 582 g/mol. The Balaban J connectivity index is 1.54. The Bertz CT molecular complexity index is 1280. The number of β-amino-alcohol motifs (C(OH)–C–C–N with tert-alkyl or cyclic N) is 1. The van der Waals surface area contributed by atoms with E-state index < -0.39 is 35.6 Å². The molecule has 0 radical (unpaired) electrons. The number of carbonyl (C=O) groups is 3. The number of alkyl halides is 1. The fourth-order valence-electron chi connectivity index (χ4n) is 6.31. The molecule has 6 atom stereocenters. The third kappa shape index (κ3) is 4.17. The fraction of sp³-hybridized carbons (Fsp3) is 0.414. The predicted molar refractivity (Wildman–Crippen MR) is 147 cm³/mol. The molecule has 1 N–H and O–H groups in total. The van der Waals surface area contributed by atoms with Crippen molar-refractivity contribution in [3.05, 3.63) is 67.8 Å². The maximum atomic E-state index is 14.4. The van der Waals surface area contributed by atoms with Gasteiger partial charge in [-0.2, -0.15) is 0 Å². The number of likely N-dealkylation sites (tertiary alicyclic amines) is 1. The number of esters is 1. The van der Waals surface area contributed by atoms with Crippen molar-refractivity contribution in [1.29, 1.82) is 0 Å². The molecular formula is C29H31BrN2O6. The Morgan fingerprint density at radius 3 is 2.68 bits per heavy atom. The largest absolute Gasteiger partial charge is 0.465 e. The number of rotatable bonds is 10. The SMILES string of the molecule is C=CCCOC(=O)[C@H]1[C@@H]2OC3(CC2Br)C(C(=O)N(CC=C)c2ccc4ccccc4c2)N(CCO)C(=O)[C@H]13. The number of amides is 2. The zero-order valence-electron chi connectivity index (χ0n) is 21.0. The van der Waals surface area contributed by atoms with Crippen LogP contribution in [0.15, 0.2) is 67.8 Å². The maximum absolute atomic E-state index is 14.4. The second-order valence-corrected chi connectivity index (χ2v) is 11.1. The van der Waals surface area contributed by atoms with Crippen molar-refractivity contribution in [1.82, 2.24) is 4.90 Å². The third-order valence-electron chi connectivity index (χ3n) is 7.82. The molecule has 2 aromatic carbocycles. The second kappa shape index (κ2) is 10.6. The van der Waals surface area contributed by atoms with Crippen molar-refractivity contribution >= 4 is 50.2 Å². The van der Waals surface area contributed by atoms with E-state index in [0.29, 0.717) is 18.5 Å². The van der Waals surface area contributed by atoms with Gasteiger partial charge in [0.15, 0.2) is 0 Å². The van der Waals surface area contributed by atoms with Gasteiger partial charge in [0.2, 0.25) is 5.91 Å². The molecule has 9 heteroatoms. The lowest BCUT2D eigenvalue weighted by atomic mass is 9.70. The van der Waals surface area contributed by atoms with Crippen molar-refractivity contribution in [2.45, 2.75) is 35.4 Å². The van der Waals surface area contributed by atoms with Gasteiger partial charge in [-0.1, -0.05) is 58.4 Å². The molecule has 3 aliphatic heterocycles. The lowest BCUT2D eigenvalue weighted by molar-refractivity contribution is -0.154. The zero-order chi connectivity index (χ0) is 27.0. The van der Waals surface area contributed by atoms with E-state index in [1.807, 2.05) is 42.5 Å². The van der Waals surface area contributed by atoms with E-state index in [0.717, 1.165) is 10.8 Å². The highest BCUT2D eigenvalue weighted by atomic mass is 79.9. The maximum Gasteiger partial charge on any atom is 0.312 e. The van der Waals surface area contributed by atoms with Crippen LogP contribution in [0.5, 0.6) is 0 Å².